The summed E-state index contributed by atoms with van der Waals surface area (Å²) in [7, 11) is -2.75. The van der Waals surface area contributed by atoms with Crippen LogP contribution in [0.1, 0.15) is 38.2 Å². The number of anilines is 1. The Balaban J connectivity index is 2.33. The van der Waals surface area contributed by atoms with Crippen LogP contribution in [0.5, 0.6) is 0 Å². The van der Waals surface area contributed by atoms with E-state index in [9.17, 15) is 13.2 Å². The zero-order valence-corrected chi connectivity index (χ0v) is 14.2. The minimum atomic E-state index is -2.75. The first-order valence-electron chi connectivity index (χ1n) is 7.94. The number of nitrogens with zero attached hydrogens (tertiary/aromatic N) is 1. The Labute approximate surface area is 139 Å². The minimum Gasteiger partial charge on any atom is -0.468 e. The average Bonchev–Trinajstić information content (AvgIpc) is 2.57. The highest BCUT2D eigenvalue weighted by molar-refractivity contribution is 7.74. The molecule has 5 nitrogen and oxygen atoms in total. The van der Waals surface area contributed by atoms with E-state index < -0.39 is 10.9 Å². The first kappa shape index (κ1) is 17.5. The Hall–Kier alpha value is -1.82. The van der Waals surface area contributed by atoms with E-state index in [2.05, 4.69) is 6.08 Å². The predicted molar refractivity (Wildman–Crippen MR) is 91.0 cm³/mol. The van der Waals surface area contributed by atoms with Gasteiger partial charge in [0.05, 0.1) is 18.3 Å². The smallest absolute Gasteiger partial charge is 0.293 e. The second-order valence-corrected chi connectivity index (χ2v) is 6.41. The summed E-state index contributed by atoms with van der Waals surface area (Å²) < 4.78 is 30.3. The second-order valence-electron chi connectivity index (χ2n) is 5.51. The molecule has 6 heteroatoms. The molecule has 1 unspecified atom stereocenters. The fourth-order valence-electron chi connectivity index (χ4n) is 3.10. The SMILES string of the molecule is CCc1ccccc1N(C1CCCC=C1CCOC=O)[SH](=O)=O. The highest BCUT2D eigenvalue weighted by Gasteiger charge is 2.27. The van der Waals surface area contributed by atoms with Crippen LogP contribution < -0.4 is 4.31 Å². The van der Waals surface area contributed by atoms with E-state index in [1.807, 2.05) is 31.2 Å². The second kappa shape index (κ2) is 8.72. The summed E-state index contributed by atoms with van der Waals surface area (Å²) in [6, 6.07) is 7.42. The van der Waals surface area contributed by atoms with E-state index >= 15 is 0 Å². The fraction of sp³-hybridized carbons (Fsp3) is 0.471. The Bertz CT molecular complexity index is 631. The third-order valence-electron chi connectivity index (χ3n) is 4.18. The van der Waals surface area contributed by atoms with Crippen LogP contribution in [0.4, 0.5) is 5.69 Å². The molecule has 0 heterocycles. The van der Waals surface area contributed by atoms with E-state index in [-0.39, 0.29) is 12.6 Å². The van der Waals surface area contributed by atoms with Crippen molar-refractivity contribution < 1.29 is 17.9 Å². The number of allylic oxidation sites excluding steroid dienone is 1. The van der Waals surface area contributed by atoms with Gasteiger partial charge < -0.3 is 4.74 Å². The van der Waals surface area contributed by atoms with Gasteiger partial charge in [-0.3, -0.25) is 9.10 Å². The molecule has 0 saturated heterocycles. The average molecular weight is 337 g/mol. The highest BCUT2D eigenvalue weighted by Crippen LogP contribution is 2.32. The third kappa shape index (κ3) is 4.34. The molecule has 0 saturated carbocycles. The molecule has 23 heavy (non-hydrogen) atoms. The number of hydrogen-bond acceptors (Lipinski definition) is 4. The van der Waals surface area contributed by atoms with Gasteiger partial charge in [-0.05, 0) is 42.9 Å². The van der Waals surface area contributed by atoms with E-state index in [1.54, 1.807) is 0 Å². The molecule has 0 aromatic heterocycles. The van der Waals surface area contributed by atoms with Crippen LogP contribution in [0.3, 0.4) is 0 Å². The largest absolute Gasteiger partial charge is 0.468 e. The van der Waals surface area contributed by atoms with Crippen LogP contribution in [0, 0.1) is 0 Å². The van der Waals surface area contributed by atoms with Crippen molar-refractivity contribution in [3.05, 3.63) is 41.5 Å². The Morgan fingerprint density at radius 3 is 2.83 bits per heavy atom. The molecular weight excluding hydrogens is 314 g/mol. The quantitative estimate of drug-likeness (QED) is 0.343. The maximum absolute atomic E-state index is 12.0. The maximum Gasteiger partial charge on any atom is 0.293 e. The Morgan fingerprint density at radius 1 is 1.35 bits per heavy atom. The van der Waals surface area contributed by atoms with Gasteiger partial charge in [-0.2, -0.15) is 0 Å². The molecule has 1 aliphatic rings. The number of para-hydroxylation sites is 1. The van der Waals surface area contributed by atoms with Crippen molar-refractivity contribution in [2.24, 2.45) is 0 Å². The van der Waals surface area contributed by atoms with Gasteiger partial charge >= 0.3 is 0 Å². The molecule has 0 aliphatic heterocycles. The Morgan fingerprint density at radius 2 is 2.13 bits per heavy atom. The van der Waals surface area contributed by atoms with Gasteiger partial charge in [0.2, 0.25) is 10.9 Å². The summed E-state index contributed by atoms with van der Waals surface area (Å²) in [5, 5.41) is 0. The molecule has 0 amide bonds. The van der Waals surface area contributed by atoms with Gasteiger partial charge in [-0.15, -0.1) is 0 Å². The van der Waals surface area contributed by atoms with E-state index in [0.29, 0.717) is 12.9 Å². The predicted octanol–water partition coefficient (Wildman–Crippen LogP) is 2.62. The molecule has 1 atom stereocenters. The van der Waals surface area contributed by atoms with Crippen molar-refractivity contribution in [2.75, 3.05) is 10.9 Å². The van der Waals surface area contributed by atoms with Crippen LogP contribution in [-0.2, 0) is 26.8 Å². The molecule has 0 fully saturated rings. The molecule has 0 bridgehead atoms. The standard InChI is InChI=1S/C17H23NO4S/c1-2-14-7-3-5-9-16(14)18(23(20)21)17-10-6-4-8-15(17)11-12-22-13-19/h3,5,7-9,13,17,23H,2,4,6,10-12H2,1H3. The summed E-state index contributed by atoms with van der Waals surface area (Å²) in [4.78, 5) is 10.3. The summed E-state index contributed by atoms with van der Waals surface area (Å²) >= 11 is 0. The van der Waals surface area contributed by atoms with Crippen LogP contribution in [0.25, 0.3) is 0 Å². The Kier molecular flexibility index (Phi) is 6.65. The van der Waals surface area contributed by atoms with Crippen LogP contribution in [-0.4, -0.2) is 27.5 Å². The van der Waals surface area contributed by atoms with Crippen molar-refractivity contribution >= 4 is 23.0 Å². The van der Waals surface area contributed by atoms with Gasteiger partial charge in [0.25, 0.3) is 6.47 Å². The number of thiol groups is 1. The van der Waals surface area contributed by atoms with Gasteiger partial charge in [0.1, 0.15) is 0 Å². The van der Waals surface area contributed by atoms with Crippen molar-refractivity contribution in [1.29, 1.82) is 0 Å². The zero-order chi connectivity index (χ0) is 16.7. The number of benzene rings is 1. The lowest BCUT2D eigenvalue weighted by atomic mass is 9.91. The molecule has 1 aliphatic carbocycles. The molecule has 1 aromatic rings. The number of ether oxygens (including phenoxy) is 1. The molecule has 0 N–H and O–H groups in total. The van der Waals surface area contributed by atoms with E-state index in [4.69, 9.17) is 4.74 Å². The number of aryl methyl sites for hydroxylation is 1. The molecule has 126 valence electrons. The lowest BCUT2D eigenvalue weighted by Gasteiger charge is -2.34. The van der Waals surface area contributed by atoms with E-state index in [1.165, 1.54) is 4.31 Å². The van der Waals surface area contributed by atoms with Crippen molar-refractivity contribution in [3.8, 4) is 0 Å². The number of rotatable bonds is 8. The fourth-order valence-corrected chi connectivity index (χ4v) is 3.96. The monoisotopic (exact) mass is 337 g/mol. The summed E-state index contributed by atoms with van der Waals surface area (Å²) in [5.74, 6) is 0. The molecule has 0 radical (unpaired) electrons. The number of carbonyl (C=O) groups is 1. The van der Waals surface area contributed by atoms with Gasteiger partial charge in [0.15, 0.2) is 0 Å². The summed E-state index contributed by atoms with van der Waals surface area (Å²) in [6.45, 7) is 2.73. The lowest BCUT2D eigenvalue weighted by molar-refractivity contribution is -0.128. The third-order valence-corrected chi connectivity index (χ3v) is 5.03. The van der Waals surface area contributed by atoms with Crippen molar-refractivity contribution in [1.82, 2.24) is 0 Å². The normalized spacial score (nSPS) is 17.7. The van der Waals surface area contributed by atoms with Gasteiger partial charge in [-0.1, -0.05) is 31.2 Å². The summed E-state index contributed by atoms with van der Waals surface area (Å²) in [5.41, 5.74) is 2.80. The minimum absolute atomic E-state index is 0.187. The first-order valence-corrected chi connectivity index (χ1v) is 9.07. The number of hydrogen-bond donors (Lipinski definition) is 1. The summed E-state index contributed by atoms with van der Waals surface area (Å²) in [6.07, 6.45) is 6.10. The van der Waals surface area contributed by atoms with Crippen molar-refractivity contribution in [2.45, 2.75) is 45.1 Å². The molecule has 2 rings (SSSR count). The molecular formula is C17H23NO4S. The van der Waals surface area contributed by atoms with Crippen LogP contribution in [0.15, 0.2) is 35.9 Å². The molecule has 1 aromatic carbocycles. The first-order chi connectivity index (χ1) is 11.2. The van der Waals surface area contributed by atoms with Crippen LogP contribution in [0.2, 0.25) is 0 Å². The number of carbonyl (C=O) groups excluding carboxylic acids is 1. The van der Waals surface area contributed by atoms with Crippen LogP contribution >= 0.6 is 0 Å². The van der Waals surface area contributed by atoms with Crippen molar-refractivity contribution in [3.63, 3.8) is 0 Å². The topological polar surface area (TPSA) is 63.7 Å². The zero-order valence-electron chi connectivity index (χ0n) is 13.3. The lowest BCUT2D eigenvalue weighted by Crippen LogP contribution is -2.37. The molecule has 0 spiro atoms. The maximum atomic E-state index is 12.0. The van der Waals surface area contributed by atoms with Gasteiger partial charge in [0, 0.05) is 6.42 Å². The van der Waals surface area contributed by atoms with Gasteiger partial charge in [-0.25, -0.2) is 8.42 Å². The highest BCUT2D eigenvalue weighted by atomic mass is 32.2. The van der Waals surface area contributed by atoms with E-state index in [0.717, 1.165) is 42.5 Å².